The van der Waals surface area contributed by atoms with E-state index in [1.54, 1.807) is 18.5 Å². The molecule has 0 spiro atoms. The average Bonchev–Trinajstić information content (AvgIpc) is 3.14. The minimum Gasteiger partial charge on any atom is -0.338 e. The summed E-state index contributed by atoms with van der Waals surface area (Å²) in [6.07, 6.45) is 7.75. The molecule has 2 heterocycles. The molecule has 1 saturated carbocycles. The molecule has 1 aliphatic heterocycles. The van der Waals surface area contributed by atoms with Crippen molar-refractivity contribution >= 4 is 17.9 Å². The Morgan fingerprint density at radius 1 is 1.12 bits per heavy atom. The lowest BCUT2D eigenvalue weighted by Crippen LogP contribution is -2.56. The lowest BCUT2D eigenvalue weighted by atomic mass is 10.2. The fraction of sp³-hybridized carbons (Fsp3) is 0.647. The quantitative estimate of drug-likeness (QED) is 0.836. The predicted octanol–water partition coefficient (Wildman–Crippen LogP) is 0.756. The summed E-state index contributed by atoms with van der Waals surface area (Å²) in [5.41, 5.74) is 0. The smallest absolute Gasteiger partial charge is 0.321 e. The van der Waals surface area contributed by atoms with Gasteiger partial charge in [-0.1, -0.05) is 12.8 Å². The third kappa shape index (κ3) is 4.66. The maximum absolute atomic E-state index is 12.3. The topological polar surface area (TPSA) is 90.5 Å². The number of carbonyl (C=O) groups excluding carboxylic acids is 2. The van der Waals surface area contributed by atoms with Gasteiger partial charge >= 0.3 is 6.03 Å². The van der Waals surface area contributed by atoms with E-state index in [-0.39, 0.29) is 24.0 Å². The van der Waals surface area contributed by atoms with Gasteiger partial charge < -0.3 is 10.2 Å². The average molecular weight is 346 g/mol. The molecule has 1 saturated heterocycles. The maximum Gasteiger partial charge on any atom is 0.321 e. The number of nitrogens with one attached hydrogen (secondary N) is 2. The molecule has 25 heavy (non-hydrogen) atoms. The van der Waals surface area contributed by atoms with Crippen LogP contribution < -0.4 is 15.5 Å². The zero-order chi connectivity index (χ0) is 17.6. The van der Waals surface area contributed by atoms with Crippen LogP contribution in [0.15, 0.2) is 18.5 Å². The van der Waals surface area contributed by atoms with Crippen molar-refractivity contribution < 1.29 is 9.59 Å². The SMILES string of the molecule is CC(C(=O)NC(=O)NC1CCCC1)N1CCN(c2ncccn2)CC1. The Hall–Kier alpha value is -2.22. The molecule has 1 unspecified atom stereocenters. The van der Waals surface area contributed by atoms with Gasteiger partial charge in [0.05, 0.1) is 6.04 Å². The number of anilines is 1. The third-order valence-electron chi connectivity index (χ3n) is 5.00. The minimum atomic E-state index is -0.375. The summed E-state index contributed by atoms with van der Waals surface area (Å²) in [6.45, 7) is 4.83. The van der Waals surface area contributed by atoms with Crippen molar-refractivity contribution in [3.63, 3.8) is 0 Å². The van der Waals surface area contributed by atoms with E-state index in [4.69, 9.17) is 0 Å². The molecule has 3 amide bonds. The summed E-state index contributed by atoms with van der Waals surface area (Å²) in [6, 6.07) is 1.29. The molecule has 0 radical (unpaired) electrons. The number of hydrogen-bond acceptors (Lipinski definition) is 6. The first-order valence-electron chi connectivity index (χ1n) is 9.01. The summed E-state index contributed by atoms with van der Waals surface area (Å²) >= 11 is 0. The van der Waals surface area contributed by atoms with Crippen LogP contribution >= 0.6 is 0 Å². The molecule has 1 aliphatic carbocycles. The summed E-state index contributed by atoms with van der Waals surface area (Å²) in [5.74, 6) is 0.468. The number of nitrogens with zero attached hydrogens (tertiary/aromatic N) is 4. The molecule has 0 aromatic carbocycles. The van der Waals surface area contributed by atoms with Gasteiger partial charge in [-0.15, -0.1) is 0 Å². The van der Waals surface area contributed by atoms with Crippen molar-refractivity contribution in [2.75, 3.05) is 31.1 Å². The summed E-state index contributed by atoms with van der Waals surface area (Å²) in [5, 5.41) is 5.36. The van der Waals surface area contributed by atoms with Crippen molar-refractivity contribution in [3.8, 4) is 0 Å². The molecule has 2 fully saturated rings. The molecule has 0 bridgehead atoms. The molecule has 3 rings (SSSR count). The van der Waals surface area contributed by atoms with Crippen LogP contribution in [-0.4, -0.2) is 65.1 Å². The first-order valence-corrected chi connectivity index (χ1v) is 9.01. The number of aromatic nitrogens is 2. The Kier molecular flexibility index (Phi) is 5.80. The summed E-state index contributed by atoms with van der Waals surface area (Å²) in [7, 11) is 0. The second-order valence-corrected chi connectivity index (χ2v) is 6.69. The van der Waals surface area contributed by atoms with Gasteiger partial charge in [-0.3, -0.25) is 15.0 Å². The van der Waals surface area contributed by atoms with Gasteiger partial charge in [0.1, 0.15) is 0 Å². The van der Waals surface area contributed by atoms with Crippen LogP contribution in [-0.2, 0) is 4.79 Å². The second-order valence-electron chi connectivity index (χ2n) is 6.69. The van der Waals surface area contributed by atoms with E-state index in [1.165, 1.54) is 0 Å². The van der Waals surface area contributed by atoms with Crippen molar-refractivity contribution in [2.45, 2.75) is 44.7 Å². The molecule has 2 N–H and O–H groups in total. The molecule has 1 atom stereocenters. The highest BCUT2D eigenvalue weighted by atomic mass is 16.2. The van der Waals surface area contributed by atoms with Gasteiger partial charge in [0.15, 0.2) is 0 Å². The molecule has 1 aromatic heterocycles. The fourth-order valence-electron chi connectivity index (χ4n) is 3.44. The predicted molar refractivity (Wildman–Crippen MR) is 94.2 cm³/mol. The van der Waals surface area contributed by atoms with E-state index < -0.39 is 0 Å². The Morgan fingerprint density at radius 3 is 2.40 bits per heavy atom. The number of rotatable bonds is 4. The summed E-state index contributed by atoms with van der Waals surface area (Å²) in [4.78, 5) is 37.0. The number of amides is 3. The first-order chi connectivity index (χ1) is 12.1. The summed E-state index contributed by atoms with van der Waals surface area (Å²) < 4.78 is 0. The lowest BCUT2D eigenvalue weighted by molar-refractivity contribution is -0.124. The second kappa shape index (κ2) is 8.24. The monoisotopic (exact) mass is 346 g/mol. The highest BCUT2D eigenvalue weighted by Gasteiger charge is 2.28. The van der Waals surface area contributed by atoms with Crippen LogP contribution in [0.4, 0.5) is 10.7 Å². The number of hydrogen-bond donors (Lipinski definition) is 2. The third-order valence-corrected chi connectivity index (χ3v) is 5.00. The van der Waals surface area contributed by atoms with Crippen molar-refractivity contribution in [1.29, 1.82) is 0 Å². The van der Waals surface area contributed by atoms with E-state index in [0.29, 0.717) is 0 Å². The van der Waals surface area contributed by atoms with Crippen LogP contribution in [0.3, 0.4) is 0 Å². The van der Waals surface area contributed by atoms with Crippen molar-refractivity contribution in [2.24, 2.45) is 0 Å². The number of urea groups is 1. The van der Waals surface area contributed by atoms with Crippen LogP contribution in [0.5, 0.6) is 0 Å². The maximum atomic E-state index is 12.3. The van der Waals surface area contributed by atoms with Gasteiger partial charge in [-0.2, -0.15) is 0 Å². The Bertz CT molecular complexity index is 582. The van der Waals surface area contributed by atoms with E-state index in [0.717, 1.165) is 57.8 Å². The van der Waals surface area contributed by atoms with Gasteiger partial charge in [-0.05, 0) is 25.8 Å². The highest BCUT2D eigenvalue weighted by molar-refractivity contribution is 5.96. The molecule has 8 heteroatoms. The van der Waals surface area contributed by atoms with Crippen molar-refractivity contribution in [1.82, 2.24) is 25.5 Å². The molecule has 2 aliphatic rings. The van der Waals surface area contributed by atoms with Gasteiger partial charge in [0, 0.05) is 44.6 Å². The van der Waals surface area contributed by atoms with E-state index in [2.05, 4.69) is 30.4 Å². The van der Waals surface area contributed by atoms with Crippen LogP contribution in [0.25, 0.3) is 0 Å². The van der Waals surface area contributed by atoms with E-state index >= 15 is 0 Å². The first kappa shape index (κ1) is 17.6. The van der Waals surface area contributed by atoms with E-state index in [9.17, 15) is 9.59 Å². The normalized spacial score (nSPS) is 20.3. The zero-order valence-corrected chi connectivity index (χ0v) is 14.6. The Morgan fingerprint density at radius 2 is 1.76 bits per heavy atom. The zero-order valence-electron chi connectivity index (χ0n) is 14.6. The lowest BCUT2D eigenvalue weighted by Gasteiger charge is -2.37. The number of carbonyl (C=O) groups is 2. The van der Waals surface area contributed by atoms with Gasteiger partial charge in [0.25, 0.3) is 0 Å². The van der Waals surface area contributed by atoms with Gasteiger partial charge in [-0.25, -0.2) is 14.8 Å². The highest BCUT2D eigenvalue weighted by Crippen LogP contribution is 2.17. The standard InChI is InChI=1S/C17H26N6O2/c1-13(15(24)21-17(25)20-14-5-2-3-6-14)22-9-11-23(12-10-22)16-18-7-4-8-19-16/h4,7-8,13-14H,2-3,5-6,9-12H2,1H3,(H2,20,21,24,25). The van der Waals surface area contributed by atoms with E-state index in [1.807, 2.05) is 6.92 Å². The number of imide groups is 1. The van der Waals surface area contributed by atoms with Crippen LogP contribution in [0.1, 0.15) is 32.6 Å². The minimum absolute atomic E-state index is 0.206. The fourth-order valence-corrected chi connectivity index (χ4v) is 3.44. The van der Waals surface area contributed by atoms with Crippen LogP contribution in [0.2, 0.25) is 0 Å². The largest absolute Gasteiger partial charge is 0.338 e. The Labute approximate surface area is 148 Å². The molecule has 1 aromatic rings. The number of piperazine rings is 1. The van der Waals surface area contributed by atoms with Crippen LogP contribution in [0, 0.1) is 0 Å². The molecule has 136 valence electrons. The molecular weight excluding hydrogens is 320 g/mol. The van der Waals surface area contributed by atoms with Gasteiger partial charge in [0.2, 0.25) is 11.9 Å². The molecule has 8 nitrogen and oxygen atoms in total. The molecular formula is C17H26N6O2. The van der Waals surface area contributed by atoms with Crippen molar-refractivity contribution in [3.05, 3.63) is 18.5 Å². The Balaban J connectivity index is 1.44.